The van der Waals surface area contributed by atoms with Gasteiger partial charge in [-0.15, -0.1) is 0 Å². The van der Waals surface area contributed by atoms with Crippen LogP contribution in [0.15, 0.2) is 36.4 Å². The molecular weight excluding hydrogens is 284 g/mol. The second-order valence-corrected chi connectivity index (χ2v) is 4.09. The van der Waals surface area contributed by atoms with E-state index in [-0.39, 0.29) is 5.69 Å². The average molecular weight is 293 g/mol. The molecule has 2 aromatic rings. The van der Waals surface area contributed by atoms with E-state index in [0.717, 1.165) is 24.3 Å². The van der Waals surface area contributed by atoms with Gasteiger partial charge in [0.15, 0.2) is 11.6 Å². The highest BCUT2D eigenvalue weighted by molar-refractivity contribution is 6.05. The molecule has 0 saturated carbocycles. The minimum Gasteiger partial charge on any atom is -0.507 e. The van der Waals surface area contributed by atoms with Gasteiger partial charge < -0.3 is 15.5 Å². The van der Waals surface area contributed by atoms with Crippen molar-refractivity contribution in [3.63, 3.8) is 0 Å². The fourth-order valence-corrected chi connectivity index (χ4v) is 1.66. The summed E-state index contributed by atoms with van der Waals surface area (Å²) in [6, 6.07) is 6.44. The summed E-state index contributed by atoms with van der Waals surface area (Å²) < 4.78 is 26.5. The van der Waals surface area contributed by atoms with Crippen LogP contribution in [0, 0.1) is 11.6 Å². The number of aromatic carboxylic acids is 1. The quantitative estimate of drug-likeness (QED) is 0.759. The molecule has 0 atom stereocenters. The fourth-order valence-electron chi connectivity index (χ4n) is 1.66. The minimum absolute atomic E-state index is 0.0267. The highest BCUT2D eigenvalue weighted by atomic mass is 19.2. The molecule has 108 valence electrons. The number of carboxylic acid groups (broad SMARTS) is 1. The summed E-state index contributed by atoms with van der Waals surface area (Å²) in [4.78, 5) is 22.7. The van der Waals surface area contributed by atoms with E-state index in [1.54, 1.807) is 0 Å². The Balaban J connectivity index is 2.30. The molecule has 0 saturated heterocycles. The lowest BCUT2D eigenvalue weighted by molar-refractivity contribution is 0.0693. The van der Waals surface area contributed by atoms with Gasteiger partial charge in [0.25, 0.3) is 5.91 Å². The molecule has 1 amide bonds. The molecule has 3 N–H and O–H groups in total. The number of aromatic hydroxyl groups is 1. The molecule has 5 nitrogen and oxygen atoms in total. The van der Waals surface area contributed by atoms with Crippen LogP contribution in [0.4, 0.5) is 14.5 Å². The Labute approximate surface area is 117 Å². The first-order valence-electron chi connectivity index (χ1n) is 5.72. The summed E-state index contributed by atoms with van der Waals surface area (Å²) in [5.74, 6) is -5.26. The summed E-state index contributed by atoms with van der Waals surface area (Å²) in [7, 11) is 0. The Kier molecular flexibility index (Phi) is 3.84. The summed E-state index contributed by atoms with van der Waals surface area (Å²) >= 11 is 0. The number of phenols is 1. The lowest BCUT2D eigenvalue weighted by Crippen LogP contribution is -2.15. The Morgan fingerprint density at radius 3 is 2.43 bits per heavy atom. The molecule has 0 bridgehead atoms. The van der Waals surface area contributed by atoms with Crippen molar-refractivity contribution in [2.75, 3.05) is 5.32 Å². The predicted molar refractivity (Wildman–Crippen MR) is 69.4 cm³/mol. The summed E-state index contributed by atoms with van der Waals surface area (Å²) in [5, 5.41) is 20.4. The maximum Gasteiger partial charge on any atom is 0.339 e. The molecule has 7 heteroatoms. The normalized spacial score (nSPS) is 10.2. The van der Waals surface area contributed by atoms with Gasteiger partial charge in [0.05, 0.1) is 5.56 Å². The lowest BCUT2D eigenvalue weighted by atomic mass is 10.1. The second-order valence-electron chi connectivity index (χ2n) is 4.09. The summed E-state index contributed by atoms with van der Waals surface area (Å²) in [6.45, 7) is 0. The van der Waals surface area contributed by atoms with Gasteiger partial charge in [0.2, 0.25) is 0 Å². The van der Waals surface area contributed by atoms with Gasteiger partial charge in [0.1, 0.15) is 11.3 Å². The standard InChI is InChI=1S/C14H9F2NO4/c15-10-3-1-2-8(12(10)16)13(19)17-7-4-5-11(18)9(6-7)14(20)21/h1-6,18H,(H,17,19)(H,20,21). The van der Waals surface area contributed by atoms with Crippen molar-refractivity contribution in [1.29, 1.82) is 0 Å². The van der Waals surface area contributed by atoms with Crippen LogP contribution in [-0.2, 0) is 0 Å². The third kappa shape index (κ3) is 2.97. The number of hydrogen-bond acceptors (Lipinski definition) is 3. The molecule has 0 heterocycles. The topological polar surface area (TPSA) is 86.6 Å². The molecular formula is C14H9F2NO4. The molecule has 2 rings (SSSR count). The summed E-state index contributed by atoms with van der Waals surface area (Å²) in [5.41, 5.74) is -0.911. The van der Waals surface area contributed by atoms with E-state index in [0.29, 0.717) is 0 Å². The zero-order chi connectivity index (χ0) is 15.6. The molecule has 0 aliphatic carbocycles. The molecule has 0 spiro atoms. The van der Waals surface area contributed by atoms with Crippen molar-refractivity contribution < 1.29 is 28.6 Å². The molecule has 0 fully saturated rings. The molecule has 21 heavy (non-hydrogen) atoms. The molecule has 0 aliphatic heterocycles. The number of benzene rings is 2. The molecule has 0 unspecified atom stereocenters. The van der Waals surface area contributed by atoms with Crippen molar-refractivity contribution in [3.05, 3.63) is 59.2 Å². The van der Waals surface area contributed by atoms with Crippen LogP contribution in [-0.4, -0.2) is 22.1 Å². The zero-order valence-electron chi connectivity index (χ0n) is 10.4. The number of carbonyl (C=O) groups excluding carboxylic acids is 1. The van der Waals surface area contributed by atoms with Gasteiger partial charge in [-0.05, 0) is 30.3 Å². The first-order chi connectivity index (χ1) is 9.90. The van der Waals surface area contributed by atoms with Crippen molar-refractivity contribution in [2.45, 2.75) is 0 Å². The van der Waals surface area contributed by atoms with E-state index < -0.39 is 40.4 Å². The van der Waals surface area contributed by atoms with Gasteiger partial charge in [-0.3, -0.25) is 4.79 Å². The molecule has 0 radical (unpaired) electrons. The lowest BCUT2D eigenvalue weighted by Gasteiger charge is -2.08. The van der Waals surface area contributed by atoms with Crippen molar-refractivity contribution in [2.24, 2.45) is 0 Å². The third-order valence-corrected chi connectivity index (χ3v) is 2.68. The van der Waals surface area contributed by atoms with E-state index in [2.05, 4.69) is 5.32 Å². The van der Waals surface area contributed by atoms with Gasteiger partial charge in [-0.25, -0.2) is 13.6 Å². The number of amides is 1. The number of rotatable bonds is 3. The van der Waals surface area contributed by atoms with Crippen molar-refractivity contribution in [1.82, 2.24) is 0 Å². The van der Waals surface area contributed by atoms with Gasteiger partial charge in [-0.2, -0.15) is 0 Å². The Morgan fingerprint density at radius 2 is 1.76 bits per heavy atom. The minimum atomic E-state index is -1.39. The smallest absolute Gasteiger partial charge is 0.339 e. The maximum absolute atomic E-state index is 13.5. The Hall–Kier alpha value is -2.96. The number of anilines is 1. The Bertz CT molecular complexity index is 731. The van der Waals surface area contributed by atoms with Crippen LogP contribution in [0.1, 0.15) is 20.7 Å². The Morgan fingerprint density at radius 1 is 1.05 bits per heavy atom. The highest BCUT2D eigenvalue weighted by Gasteiger charge is 2.16. The first-order valence-corrected chi connectivity index (χ1v) is 5.72. The fraction of sp³-hybridized carbons (Fsp3) is 0. The first kappa shape index (κ1) is 14.4. The van der Waals surface area contributed by atoms with E-state index in [9.17, 15) is 23.5 Å². The monoisotopic (exact) mass is 293 g/mol. The number of nitrogens with one attached hydrogen (secondary N) is 1. The van der Waals surface area contributed by atoms with Gasteiger partial charge in [-0.1, -0.05) is 6.07 Å². The van der Waals surface area contributed by atoms with Crippen LogP contribution >= 0.6 is 0 Å². The van der Waals surface area contributed by atoms with Gasteiger partial charge in [0, 0.05) is 5.69 Å². The van der Waals surface area contributed by atoms with Crippen LogP contribution in [0.5, 0.6) is 5.75 Å². The van der Waals surface area contributed by atoms with E-state index in [1.807, 2.05) is 0 Å². The average Bonchev–Trinajstić information content (AvgIpc) is 2.43. The van der Waals surface area contributed by atoms with E-state index in [4.69, 9.17) is 5.11 Å². The summed E-state index contributed by atoms with van der Waals surface area (Å²) in [6.07, 6.45) is 0. The number of halogens is 2. The highest BCUT2D eigenvalue weighted by Crippen LogP contribution is 2.22. The largest absolute Gasteiger partial charge is 0.507 e. The zero-order valence-corrected chi connectivity index (χ0v) is 10.4. The van der Waals surface area contributed by atoms with Crippen LogP contribution in [0.3, 0.4) is 0 Å². The number of carbonyl (C=O) groups is 2. The van der Waals surface area contributed by atoms with E-state index in [1.165, 1.54) is 12.1 Å². The second kappa shape index (κ2) is 5.58. The number of carboxylic acids is 1. The maximum atomic E-state index is 13.5. The van der Waals surface area contributed by atoms with Gasteiger partial charge >= 0.3 is 5.97 Å². The van der Waals surface area contributed by atoms with Crippen LogP contribution in [0.25, 0.3) is 0 Å². The molecule has 0 aromatic heterocycles. The van der Waals surface area contributed by atoms with Crippen molar-refractivity contribution >= 4 is 17.6 Å². The van der Waals surface area contributed by atoms with Crippen LogP contribution < -0.4 is 5.32 Å². The van der Waals surface area contributed by atoms with E-state index >= 15 is 0 Å². The molecule has 0 aliphatic rings. The number of hydrogen-bond donors (Lipinski definition) is 3. The van der Waals surface area contributed by atoms with Crippen molar-refractivity contribution in [3.8, 4) is 5.75 Å². The van der Waals surface area contributed by atoms with Crippen LogP contribution in [0.2, 0.25) is 0 Å². The molecule has 2 aromatic carbocycles. The third-order valence-electron chi connectivity index (χ3n) is 2.68. The predicted octanol–water partition coefficient (Wildman–Crippen LogP) is 2.62. The SMILES string of the molecule is O=C(O)c1cc(NC(=O)c2cccc(F)c2F)ccc1O.